The first kappa shape index (κ1) is 23.6. The second-order valence-electron chi connectivity index (χ2n) is 9.09. The van der Waals surface area contributed by atoms with Gasteiger partial charge in [0, 0.05) is 6.20 Å². The Morgan fingerprint density at radius 2 is 1.64 bits per heavy atom. The maximum absolute atomic E-state index is 12.3. The van der Waals surface area contributed by atoms with Gasteiger partial charge in [-0.15, -0.1) is 0 Å². The molecule has 172 valence electrons. The van der Waals surface area contributed by atoms with E-state index in [1.54, 1.807) is 6.20 Å². The van der Waals surface area contributed by atoms with E-state index in [0.717, 1.165) is 0 Å². The van der Waals surface area contributed by atoms with Crippen molar-refractivity contribution in [2.75, 3.05) is 12.3 Å². The van der Waals surface area contributed by atoms with Gasteiger partial charge in [-0.3, -0.25) is 4.57 Å². The third-order valence-corrected chi connectivity index (χ3v) is 11.5. The molecule has 4 rings (SSSR count). The maximum atomic E-state index is 12.3. The minimum absolute atomic E-state index is 0.125. The van der Waals surface area contributed by atoms with E-state index in [2.05, 4.69) is 90.2 Å². The molecule has 0 saturated heterocycles. The van der Waals surface area contributed by atoms with Crippen LogP contribution in [0.3, 0.4) is 0 Å². The standard InChI is InChI=1S/C25H28BrN3O3Si/c1-25(2,3)33(19-10-6-4-7-11-19,20-12-8-5-9-13-20)31-17-18-14-15-22(32-18)29-16-21(26)23(27)28-24(29)30/h4-16,18,22H,17H2,1-3H3,(H2,27,28,30)/t18-,22+/m0/s1. The zero-order chi connectivity index (χ0) is 23.6. The van der Waals surface area contributed by atoms with Crippen molar-refractivity contribution in [2.24, 2.45) is 0 Å². The molecule has 2 atom stereocenters. The van der Waals surface area contributed by atoms with Gasteiger partial charge in [-0.2, -0.15) is 4.98 Å². The summed E-state index contributed by atoms with van der Waals surface area (Å²) in [4.78, 5) is 16.2. The summed E-state index contributed by atoms with van der Waals surface area (Å²) in [6, 6.07) is 21.0. The number of anilines is 1. The molecule has 0 bridgehead atoms. The smallest absolute Gasteiger partial charge is 0.351 e. The van der Waals surface area contributed by atoms with E-state index < -0.39 is 20.2 Å². The average molecular weight is 527 g/mol. The molecule has 1 aliphatic heterocycles. The molecule has 0 fully saturated rings. The monoisotopic (exact) mass is 525 g/mol. The van der Waals surface area contributed by atoms with Crippen LogP contribution in [0, 0.1) is 0 Å². The fourth-order valence-electron chi connectivity index (χ4n) is 4.35. The summed E-state index contributed by atoms with van der Waals surface area (Å²) in [5.41, 5.74) is 5.26. The highest BCUT2D eigenvalue weighted by atomic mass is 79.9. The van der Waals surface area contributed by atoms with Gasteiger partial charge >= 0.3 is 5.69 Å². The molecule has 2 aromatic carbocycles. The van der Waals surface area contributed by atoms with Crippen LogP contribution in [0.15, 0.2) is 88.3 Å². The van der Waals surface area contributed by atoms with Gasteiger partial charge in [0.1, 0.15) is 11.9 Å². The van der Waals surface area contributed by atoms with Gasteiger partial charge in [-0.25, -0.2) is 4.79 Å². The first-order valence-electron chi connectivity index (χ1n) is 10.9. The quantitative estimate of drug-likeness (QED) is 0.392. The summed E-state index contributed by atoms with van der Waals surface area (Å²) < 4.78 is 15.1. The molecule has 0 amide bonds. The van der Waals surface area contributed by atoms with Crippen LogP contribution in [0.5, 0.6) is 0 Å². The number of nitrogens with two attached hydrogens (primary N) is 1. The van der Waals surface area contributed by atoms with Gasteiger partial charge in [0.2, 0.25) is 0 Å². The second-order valence-corrected chi connectivity index (χ2v) is 14.2. The number of nitrogen functional groups attached to an aromatic ring is 1. The number of rotatable bonds is 6. The molecule has 2 N–H and O–H groups in total. The van der Waals surface area contributed by atoms with Crippen LogP contribution in [-0.4, -0.2) is 30.6 Å². The van der Waals surface area contributed by atoms with Gasteiger partial charge in [0.25, 0.3) is 8.32 Å². The number of ether oxygens (including phenoxy) is 1. The molecule has 0 saturated carbocycles. The van der Waals surface area contributed by atoms with Gasteiger partial charge in [-0.1, -0.05) is 87.5 Å². The number of nitrogens with zero attached hydrogens (tertiary/aromatic N) is 2. The van der Waals surface area contributed by atoms with Crippen molar-refractivity contribution in [1.82, 2.24) is 9.55 Å². The first-order chi connectivity index (χ1) is 15.7. The summed E-state index contributed by atoms with van der Waals surface area (Å²) in [6.07, 6.45) is 4.55. The third-order valence-electron chi connectivity index (χ3n) is 5.89. The minimum atomic E-state index is -2.66. The largest absolute Gasteiger partial charge is 0.404 e. The SMILES string of the molecule is CC(C)(C)[Si](OC[C@@H]1C=C[C@H](n2cc(Br)c(N)nc2=O)O1)(c1ccccc1)c1ccccc1. The number of benzene rings is 2. The van der Waals surface area contributed by atoms with E-state index in [1.165, 1.54) is 14.9 Å². The normalized spacial score (nSPS) is 18.5. The highest BCUT2D eigenvalue weighted by Crippen LogP contribution is 2.37. The van der Waals surface area contributed by atoms with E-state index in [9.17, 15) is 4.79 Å². The highest BCUT2D eigenvalue weighted by Gasteiger charge is 2.50. The number of hydrogen-bond donors (Lipinski definition) is 1. The number of hydrogen-bond acceptors (Lipinski definition) is 5. The van der Waals surface area contributed by atoms with Crippen molar-refractivity contribution in [3.63, 3.8) is 0 Å². The van der Waals surface area contributed by atoms with Crippen molar-refractivity contribution in [1.29, 1.82) is 0 Å². The van der Waals surface area contributed by atoms with E-state index >= 15 is 0 Å². The lowest BCUT2D eigenvalue weighted by atomic mass is 10.2. The summed E-state index contributed by atoms with van der Waals surface area (Å²) >= 11 is 3.33. The Kier molecular flexibility index (Phi) is 6.72. The highest BCUT2D eigenvalue weighted by molar-refractivity contribution is 9.10. The molecule has 3 aromatic rings. The Hall–Kier alpha value is -2.52. The molecule has 1 aromatic heterocycles. The molecule has 0 radical (unpaired) electrons. The lowest BCUT2D eigenvalue weighted by Crippen LogP contribution is -2.67. The third kappa shape index (κ3) is 4.61. The van der Waals surface area contributed by atoms with Crippen LogP contribution < -0.4 is 21.8 Å². The lowest BCUT2D eigenvalue weighted by Gasteiger charge is -2.43. The van der Waals surface area contributed by atoms with E-state index in [0.29, 0.717) is 11.1 Å². The fraction of sp³-hybridized carbons (Fsp3) is 0.280. The molecule has 8 heteroatoms. The summed E-state index contributed by atoms with van der Waals surface area (Å²) in [5.74, 6) is 0.157. The van der Waals surface area contributed by atoms with Gasteiger partial charge in [0.05, 0.1) is 11.1 Å². The van der Waals surface area contributed by atoms with E-state index in [4.69, 9.17) is 14.9 Å². The summed E-state index contributed by atoms with van der Waals surface area (Å²) in [5, 5.41) is 2.30. The molecular formula is C25H28BrN3O3Si. The Morgan fingerprint density at radius 3 is 2.18 bits per heavy atom. The molecule has 0 unspecified atom stereocenters. The lowest BCUT2D eigenvalue weighted by molar-refractivity contribution is -0.00709. The number of aromatic nitrogens is 2. The Morgan fingerprint density at radius 1 is 1.06 bits per heavy atom. The van der Waals surface area contributed by atoms with Gasteiger partial charge in [0.15, 0.2) is 6.23 Å². The van der Waals surface area contributed by atoms with Gasteiger partial charge < -0.3 is 14.9 Å². The zero-order valence-electron chi connectivity index (χ0n) is 18.9. The van der Waals surface area contributed by atoms with Crippen LogP contribution >= 0.6 is 15.9 Å². The zero-order valence-corrected chi connectivity index (χ0v) is 21.5. The average Bonchev–Trinajstić information content (AvgIpc) is 3.26. The van der Waals surface area contributed by atoms with Crippen LogP contribution in [0.1, 0.15) is 27.0 Å². The summed E-state index contributed by atoms with van der Waals surface area (Å²) in [6.45, 7) is 7.10. The van der Waals surface area contributed by atoms with E-state index in [-0.39, 0.29) is 17.0 Å². The first-order valence-corrected chi connectivity index (χ1v) is 13.6. The molecule has 6 nitrogen and oxygen atoms in total. The Labute approximate surface area is 203 Å². The van der Waals surface area contributed by atoms with Gasteiger partial charge in [-0.05, 0) is 37.4 Å². The fourth-order valence-corrected chi connectivity index (χ4v) is 9.23. The van der Waals surface area contributed by atoms with Crippen molar-refractivity contribution in [3.8, 4) is 0 Å². The van der Waals surface area contributed by atoms with Crippen LogP contribution in [0.4, 0.5) is 5.82 Å². The predicted molar refractivity (Wildman–Crippen MR) is 137 cm³/mol. The summed E-state index contributed by atoms with van der Waals surface area (Å²) in [7, 11) is -2.66. The second kappa shape index (κ2) is 9.38. The van der Waals surface area contributed by atoms with Crippen molar-refractivity contribution in [2.45, 2.75) is 38.1 Å². The van der Waals surface area contributed by atoms with Crippen LogP contribution in [-0.2, 0) is 9.16 Å². The molecule has 2 heterocycles. The molecule has 33 heavy (non-hydrogen) atoms. The molecule has 0 spiro atoms. The van der Waals surface area contributed by atoms with Crippen molar-refractivity contribution < 1.29 is 9.16 Å². The minimum Gasteiger partial charge on any atom is -0.404 e. The topological polar surface area (TPSA) is 79.4 Å². The molecule has 0 aliphatic carbocycles. The molecule has 1 aliphatic rings. The van der Waals surface area contributed by atoms with Crippen LogP contribution in [0.2, 0.25) is 5.04 Å². The van der Waals surface area contributed by atoms with Crippen molar-refractivity contribution in [3.05, 3.63) is 94.0 Å². The molecular weight excluding hydrogens is 498 g/mol. The predicted octanol–water partition coefficient (Wildman–Crippen LogP) is 3.62. The Balaban J connectivity index is 1.62. The van der Waals surface area contributed by atoms with Crippen LogP contribution in [0.25, 0.3) is 0 Å². The number of halogens is 1. The maximum Gasteiger partial charge on any atom is 0.351 e. The van der Waals surface area contributed by atoms with Crippen molar-refractivity contribution >= 4 is 40.4 Å². The van der Waals surface area contributed by atoms with E-state index in [1.807, 2.05) is 24.3 Å². The Bertz CT molecular complexity index is 1150.